The van der Waals surface area contributed by atoms with Crippen LogP contribution in [0.5, 0.6) is 0 Å². The first kappa shape index (κ1) is 13.3. The molecule has 18 heavy (non-hydrogen) atoms. The number of hydrogen-bond donors (Lipinski definition) is 1. The first-order valence-electron chi connectivity index (χ1n) is 6.15. The van der Waals surface area contributed by atoms with Gasteiger partial charge in [-0.2, -0.15) is 13.2 Å². The largest absolute Gasteiger partial charge is 0.389 e. The van der Waals surface area contributed by atoms with E-state index in [1.165, 1.54) is 0 Å². The van der Waals surface area contributed by atoms with Crippen molar-refractivity contribution in [2.45, 2.75) is 44.8 Å². The highest BCUT2D eigenvalue weighted by Crippen LogP contribution is 2.24. The minimum Gasteiger partial charge on any atom is -0.315 e. The summed E-state index contributed by atoms with van der Waals surface area (Å²) in [5.41, 5.74) is 0. The van der Waals surface area contributed by atoms with Crippen LogP contribution in [-0.2, 0) is 6.42 Å². The molecule has 1 aliphatic rings. The van der Waals surface area contributed by atoms with Gasteiger partial charge in [0.1, 0.15) is 11.6 Å². The lowest BCUT2D eigenvalue weighted by Crippen LogP contribution is -2.33. The standard InChI is InChI=1S/C11H17F3N4/c1-8-16-17-10(4-5-11(12,13)14)18(8)9-3-2-6-15-7-9/h9,15H,2-7H2,1H3. The molecular formula is C11H17F3N4. The van der Waals surface area contributed by atoms with Crippen molar-refractivity contribution >= 4 is 0 Å². The van der Waals surface area contributed by atoms with Crippen LogP contribution in [0.3, 0.4) is 0 Å². The minimum atomic E-state index is -4.14. The van der Waals surface area contributed by atoms with E-state index < -0.39 is 12.6 Å². The molecule has 102 valence electrons. The molecule has 4 nitrogen and oxygen atoms in total. The van der Waals surface area contributed by atoms with Gasteiger partial charge in [0, 0.05) is 19.0 Å². The zero-order valence-electron chi connectivity index (χ0n) is 10.3. The van der Waals surface area contributed by atoms with Gasteiger partial charge in [-0.05, 0) is 26.3 Å². The zero-order chi connectivity index (χ0) is 13.2. The van der Waals surface area contributed by atoms with Crippen LogP contribution in [-0.4, -0.2) is 34.0 Å². The second-order valence-corrected chi connectivity index (χ2v) is 4.65. The molecule has 1 atom stereocenters. The molecule has 0 amide bonds. The molecule has 2 heterocycles. The summed E-state index contributed by atoms with van der Waals surface area (Å²) in [5, 5.41) is 11.0. The molecule has 1 aliphatic heterocycles. The Bertz CT molecular complexity index is 393. The van der Waals surface area contributed by atoms with Gasteiger partial charge in [-0.3, -0.25) is 0 Å². The van der Waals surface area contributed by atoms with Crippen molar-refractivity contribution in [3.63, 3.8) is 0 Å². The van der Waals surface area contributed by atoms with E-state index >= 15 is 0 Å². The molecule has 2 rings (SSSR count). The smallest absolute Gasteiger partial charge is 0.315 e. The highest BCUT2D eigenvalue weighted by Gasteiger charge is 2.29. The van der Waals surface area contributed by atoms with Crippen LogP contribution >= 0.6 is 0 Å². The minimum absolute atomic E-state index is 0.0964. The van der Waals surface area contributed by atoms with Crippen molar-refractivity contribution in [3.8, 4) is 0 Å². The monoisotopic (exact) mass is 262 g/mol. The average Bonchev–Trinajstić information content (AvgIpc) is 2.68. The summed E-state index contributed by atoms with van der Waals surface area (Å²) in [4.78, 5) is 0. The Balaban J connectivity index is 2.11. The summed E-state index contributed by atoms with van der Waals surface area (Å²) in [6.45, 7) is 3.53. The summed E-state index contributed by atoms with van der Waals surface area (Å²) in [6.07, 6.45) is -3.09. The van der Waals surface area contributed by atoms with Gasteiger partial charge in [0.05, 0.1) is 6.42 Å². The Kier molecular flexibility index (Phi) is 3.89. The molecular weight excluding hydrogens is 245 g/mol. The number of alkyl halides is 3. The number of aromatic nitrogens is 3. The van der Waals surface area contributed by atoms with E-state index in [-0.39, 0.29) is 12.5 Å². The molecule has 1 N–H and O–H groups in total. The maximum atomic E-state index is 12.3. The van der Waals surface area contributed by atoms with Gasteiger partial charge >= 0.3 is 6.18 Å². The SMILES string of the molecule is Cc1nnc(CCC(F)(F)F)n1C1CCCNC1. The predicted octanol–water partition coefficient (Wildman–Crippen LogP) is 2.01. The van der Waals surface area contributed by atoms with Crippen LogP contribution in [0.4, 0.5) is 13.2 Å². The van der Waals surface area contributed by atoms with E-state index in [0.29, 0.717) is 11.6 Å². The van der Waals surface area contributed by atoms with Crippen molar-refractivity contribution in [3.05, 3.63) is 11.6 Å². The topological polar surface area (TPSA) is 42.7 Å². The average molecular weight is 262 g/mol. The first-order valence-corrected chi connectivity index (χ1v) is 6.15. The Morgan fingerprint density at radius 1 is 1.39 bits per heavy atom. The maximum absolute atomic E-state index is 12.3. The van der Waals surface area contributed by atoms with E-state index in [9.17, 15) is 13.2 Å². The van der Waals surface area contributed by atoms with Crippen molar-refractivity contribution in [1.82, 2.24) is 20.1 Å². The third kappa shape index (κ3) is 3.22. The van der Waals surface area contributed by atoms with Gasteiger partial charge in [0.2, 0.25) is 0 Å². The molecule has 0 aliphatic carbocycles. The van der Waals surface area contributed by atoms with Crippen LogP contribution in [0.15, 0.2) is 0 Å². The van der Waals surface area contributed by atoms with Gasteiger partial charge in [0.25, 0.3) is 0 Å². The summed E-state index contributed by atoms with van der Waals surface area (Å²) in [5.74, 6) is 1.14. The number of piperidine rings is 1. The fraction of sp³-hybridized carbons (Fsp3) is 0.818. The molecule has 0 spiro atoms. The van der Waals surface area contributed by atoms with Gasteiger partial charge in [-0.1, -0.05) is 0 Å². The van der Waals surface area contributed by atoms with Crippen LogP contribution in [0.1, 0.15) is 37.0 Å². The summed E-state index contributed by atoms with van der Waals surface area (Å²) >= 11 is 0. The third-order valence-corrected chi connectivity index (χ3v) is 3.20. The van der Waals surface area contributed by atoms with Gasteiger partial charge in [-0.15, -0.1) is 10.2 Å². The second-order valence-electron chi connectivity index (χ2n) is 4.65. The molecule has 0 saturated carbocycles. The van der Waals surface area contributed by atoms with Crippen LogP contribution in [0, 0.1) is 6.92 Å². The summed E-state index contributed by atoms with van der Waals surface area (Å²) in [6, 6.07) is 0.178. The van der Waals surface area contributed by atoms with Gasteiger partial charge in [0.15, 0.2) is 0 Å². The maximum Gasteiger partial charge on any atom is 0.389 e. The van der Waals surface area contributed by atoms with Crippen LogP contribution < -0.4 is 5.32 Å². The van der Waals surface area contributed by atoms with Crippen molar-refractivity contribution in [1.29, 1.82) is 0 Å². The molecule has 1 saturated heterocycles. The Morgan fingerprint density at radius 2 is 2.17 bits per heavy atom. The van der Waals surface area contributed by atoms with E-state index in [4.69, 9.17) is 0 Å². The lowest BCUT2D eigenvalue weighted by Gasteiger charge is -2.26. The number of nitrogens with one attached hydrogen (secondary N) is 1. The second kappa shape index (κ2) is 5.26. The normalized spacial score (nSPS) is 21.2. The van der Waals surface area contributed by atoms with Crippen molar-refractivity contribution < 1.29 is 13.2 Å². The third-order valence-electron chi connectivity index (χ3n) is 3.20. The molecule has 1 aromatic heterocycles. The lowest BCUT2D eigenvalue weighted by molar-refractivity contribution is -0.134. The Hall–Kier alpha value is -1.11. The fourth-order valence-electron chi connectivity index (χ4n) is 2.37. The number of rotatable bonds is 3. The van der Waals surface area contributed by atoms with Gasteiger partial charge in [-0.25, -0.2) is 0 Å². The summed E-state index contributed by atoms with van der Waals surface area (Å²) in [7, 11) is 0. The Morgan fingerprint density at radius 3 is 2.78 bits per heavy atom. The number of hydrogen-bond acceptors (Lipinski definition) is 3. The van der Waals surface area contributed by atoms with Crippen LogP contribution in [0.2, 0.25) is 0 Å². The van der Waals surface area contributed by atoms with Crippen molar-refractivity contribution in [2.75, 3.05) is 13.1 Å². The Labute approximate surface area is 104 Å². The molecule has 0 radical (unpaired) electrons. The number of halogens is 3. The van der Waals surface area contributed by atoms with E-state index in [1.807, 2.05) is 4.57 Å². The van der Waals surface area contributed by atoms with E-state index in [2.05, 4.69) is 15.5 Å². The van der Waals surface area contributed by atoms with E-state index in [1.54, 1.807) is 6.92 Å². The highest BCUT2D eigenvalue weighted by molar-refractivity contribution is 4.99. The molecule has 1 aromatic rings. The fourth-order valence-corrected chi connectivity index (χ4v) is 2.37. The molecule has 1 unspecified atom stereocenters. The molecule has 0 aromatic carbocycles. The van der Waals surface area contributed by atoms with Crippen LogP contribution in [0.25, 0.3) is 0 Å². The lowest BCUT2D eigenvalue weighted by atomic mass is 10.1. The molecule has 7 heteroatoms. The van der Waals surface area contributed by atoms with E-state index in [0.717, 1.165) is 25.9 Å². The summed E-state index contributed by atoms with van der Waals surface area (Å²) < 4.78 is 38.6. The number of aryl methyl sites for hydroxylation is 2. The number of nitrogens with zero attached hydrogens (tertiary/aromatic N) is 3. The first-order chi connectivity index (χ1) is 8.47. The van der Waals surface area contributed by atoms with Gasteiger partial charge < -0.3 is 9.88 Å². The zero-order valence-corrected chi connectivity index (χ0v) is 10.3. The molecule has 0 bridgehead atoms. The highest BCUT2D eigenvalue weighted by atomic mass is 19.4. The quantitative estimate of drug-likeness (QED) is 0.906. The van der Waals surface area contributed by atoms with Crippen molar-refractivity contribution in [2.24, 2.45) is 0 Å². The molecule has 1 fully saturated rings. The predicted molar refractivity (Wildman–Crippen MR) is 60.3 cm³/mol.